The van der Waals surface area contributed by atoms with Gasteiger partial charge in [0, 0.05) is 0 Å². The third-order valence-corrected chi connectivity index (χ3v) is 1.39. The molecule has 0 atom stereocenters. The van der Waals surface area contributed by atoms with Crippen LogP contribution in [0.5, 0.6) is 5.75 Å². The summed E-state index contributed by atoms with van der Waals surface area (Å²) in [7, 11) is 0. The van der Waals surface area contributed by atoms with Crippen molar-refractivity contribution in [2.75, 3.05) is 0 Å². The molecule has 68 valence electrons. The summed E-state index contributed by atoms with van der Waals surface area (Å²) in [5.74, 6) is -0.696. The van der Waals surface area contributed by atoms with Crippen molar-refractivity contribution < 1.29 is 14.7 Å². The second kappa shape index (κ2) is 4.10. The van der Waals surface area contributed by atoms with Crippen molar-refractivity contribution in [3.05, 3.63) is 29.8 Å². The Bertz CT molecular complexity index is 325. The molecule has 2 amide bonds. The molecule has 13 heavy (non-hydrogen) atoms. The summed E-state index contributed by atoms with van der Waals surface area (Å²) >= 11 is 0. The molecule has 0 fully saturated rings. The minimum Gasteiger partial charge on any atom is -0.507 e. The van der Waals surface area contributed by atoms with Crippen LogP contribution in [0, 0.1) is 0 Å². The van der Waals surface area contributed by atoms with Crippen molar-refractivity contribution in [1.82, 2.24) is 10.9 Å². The van der Waals surface area contributed by atoms with Crippen LogP contribution in [-0.2, 0) is 4.79 Å². The maximum atomic E-state index is 11.1. The lowest BCUT2D eigenvalue weighted by molar-refractivity contribution is -0.110. The minimum absolute atomic E-state index is 0.108. The van der Waals surface area contributed by atoms with Crippen LogP contribution in [0.2, 0.25) is 0 Å². The predicted molar refractivity (Wildman–Crippen MR) is 44.8 cm³/mol. The van der Waals surface area contributed by atoms with E-state index in [1.807, 2.05) is 5.43 Å². The largest absolute Gasteiger partial charge is 0.507 e. The topological polar surface area (TPSA) is 78.4 Å². The first kappa shape index (κ1) is 9.05. The Labute approximate surface area is 74.3 Å². The van der Waals surface area contributed by atoms with E-state index in [-0.39, 0.29) is 11.3 Å². The van der Waals surface area contributed by atoms with Gasteiger partial charge in [0.25, 0.3) is 5.91 Å². The smallest absolute Gasteiger partial charge is 0.273 e. The quantitative estimate of drug-likeness (QED) is 0.444. The maximum Gasteiger partial charge on any atom is 0.273 e. The van der Waals surface area contributed by atoms with Crippen LogP contribution in [0.25, 0.3) is 0 Å². The first-order valence-electron chi connectivity index (χ1n) is 3.53. The number of aromatic hydroxyl groups is 1. The molecular weight excluding hydrogens is 172 g/mol. The zero-order valence-corrected chi connectivity index (χ0v) is 6.65. The van der Waals surface area contributed by atoms with E-state index in [0.29, 0.717) is 6.41 Å². The number of carbonyl (C=O) groups is 2. The fourth-order valence-corrected chi connectivity index (χ4v) is 0.828. The maximum absolute atomic E-state index is 11.1. The van der Waals surface area contributed by atoms with E-state index in [4.69, 9.17) is 0 Å². The van der Waals surface area contributed by atoms with Gasteiger partial charge in [0.15, 0.2) is 0 Å². The molecule has 1 rings (SSSR count). The number of amides is 2. The molecule has 0 aliphatic carbocycles. The molecule has 0 heterocycles. The first-order chi connectivity index (χ1) is 6.25. The number of nitrogens with one attached hydrogen (secondary N) is 2. The standard InChI is InChI=1S/C8H8N2O3/c11-5-9-10-8(13)6-3-1-2-4-7(6)12/h1-5,12H,(H,9,11)(H,10,13). The van der Waals surface area contributed by atoms with Crippen molar-refractivity contribution >= 4 is 12.3 Å². The Morgan fingerprint density at radius 3 is 2.69 bits per heavy atom. The van der Waals surface area contributed by atoms with Crippen molar-refractivity contribution in [3.8, 4) is 5.75 Å². The molecule has 5 nitrogen and oxygen atoms in total. The van der Waals surface area contributed by atoms with E-state index < -0.39 is 5.91 Å². The molecule has 1 aromatic rings. The molecule has 0 aliphatic rings. The van der Waals surface area contributed by atoms with Crippen molar-refractivity contribution in [3.63, 3.8) is 0 Å². The molecule has 3 N–H and O–H groups in total. The lowest BCUT2D eigenvalue weighted by Gasteiger charge is -2.03. The number of phenolic OH excluding ortho intramolecular Hbond substituents is 1. The number of hydrazine groups is 1. The molecule has 0 saturated carbocycles. The summed E-state index contributed by atoms with van der Waals surface area (Å²) < 4.78 is 0. The molecule has 1 aromatic carbocycles. The van der Waals surface area contributed by atoms with Gasteiger partial charge < -0.3 is 5.11 Å². The highest BCUT2D eigenvalue weighted by molar-refractivity contribution is 5.96. The highest BCUT2D eigenvalue weighted by atomic mass is 16.3. The van der Waals surface area contributed by atoms with Crippen LogP contribution in [0.1, 0.15) is 10.4 Å². The number of hydrogen-bond acceptors (Lipinski definition) is 3. The summed E-state index contributed by atoms with van der Waals surface area (Å²) in [4.78, 5) is 21.0. The SMILES string of the molecule is O=CNNC(=O)c1ccccc1O. The zero-order valence-electron chi connectivity index (χ0n) is 6.65. The minimum atomic E-state index is -0.565. The second-order valence-electron chi connectivity index (χ2n) is 2.23. The number of carbonyl (C=O) groups excluding carboxylic acids is 2. The Hall–Kier alpha value is -2.04. The summed E-state index contributed by atoms with van der Waals surface area (Å²) in [5, 5.41) is 9.20. The first-order valence-corrected chi connectivity index (χ1v) is 3.53. The van der Waals surface area contributed by atoms with Crippen LogP contribution in [0.3, 0.4) is 0 Å². The van der Waals surface area contributed by atoms with Crippen molar-refractivity contribution in [2.24, 2.45) is 0 Å². The van der Waals surface area contributed by atoms with Gasteiger partial charge in [-0.05, 0) is 12.1 Å². The lowest BCUT2D eigenvalue weighted by atomic mass is 10.2. The van der Waals surface area contributed by atoms with E-state index in [9.17, 15) is 14.7 Å². The monoisotopic (exact) mass is 180 g/mol. The second-order valence-corrected chi connectivity index (χ2v) is 2.23. The summed E-state index contributed by atoms with van der Waals surface area (Å²) in [5.41, 5.74) is 4.16. The van der Waals surface area contributed by atoms with E-state index >= 15 is 0 Å². The molecule has 0 aliphatic heterocycles. The van der Waals surface area contributed by atoms with Crippen LogP contribution in [0.4, 0.5) is 0 Å². The Morgan fingerprint density at radius 1 is 1.38 bits per heavy atom. The number of hydrogen-bond donors (Lipinski definition) is 3. The van der Waals surface area contributed by atoms with E-state index in [1.165, 1.54) is 12.1 Å². The van der Waals surface area contributed by atoms with Gasteiger partial charge in [0.1, 0.15) is 5.75 Å². The van der Waals surface area contributed by atoms with E-state index in [0.717, 1.165) is 0 Å². The van der Waals surface area contributed by atoms with Gasteiger partial charge in [-0.2, -0.15) is 0 Å². The molecule has 0 unspecified atom stereocenters. The molecule has 0 radical (unpaired) electrons. The van der Waals surface area contributed by atoms with Gasteiger partial charge in [0.2, 0.25) is 6.41 Å². The van der Waals surface area contributed by atoms with Crippen LogP contribution in [-0.4, -0.2) is 17.4 Å². The Balaban J connectivity index is 2.76. The van der Waals surface area contributed by atoms with Crippen LogP contribution >= 0.6 is 0 Å². The average Bonchev–Trinajstić information content (AvgIpc) is 2.15. The van der Waals surface area contributed by atoms with Gasteiger partial charge in [-0.25, -0.2) is 0 Å². The normalized spacial score (nSPS) is 8.92. The third kappa shape index (κ3) is 2.19. The number of rotatable bonds is 3. The zero-order chi connectivity index (χ0) is 9.68. The number of phenols is 1. The predicted octanol–water partition coefficient (Wildman–Crippen LogP) is -0.217. The van der Waals surface area contributed by atoms with Gasteiger partial charge in [-0.15, -0.1) is 0 Å². The summed E-state index contributed by atoms with van der Waals surface area (Å²) in [6.07, 6.45) is 0.331. The number of benzene rings is 1. The van der Waals surface area contributed by atoms with E-state index in [1.54, 1.807) is 12.1 Å². The van der Waals surface area contributed by atoms with Gasteiger partial charge >= 0.3 is 0 Å². The highest BCUT2D eigenvalue weighted by Crippen LogP contribution is 2.14. The highest BCUT2D eigenvalue weighted by Gasteiger charge is 2.08. The average molecular weight is 180 g/mol. The van der Waals surface area contributed by atoms with E-state index in [2.05, 4.69) is 5.43 Å². The number of para-hydroxylation sites is 1. The summed E-state index contributed by atoms with van der Waals surface area (Å²) in [6.45, 7) is 0. The fourth-order valence-electron chi connectivity index (χ4n) is 0.828. The molecule has 0 aromatic heterocycles. The van der Waals surface area contributed by atoms with Gasteiger partial charge in [-0.1, -0.05) is 12.1 Å². The van der Waals surface area contributed by atoms with Gasteiger partial charge in [0.05, 0.1) is 5.56 Å². The lowest BCUT2D eigenvalue weighted by Crippen LogP contribution is -2.36. The van der Waals surface area contributed by atoms with Crippen molar-refractivity contribution in [2.45, 2.75) is 0 Å². The van der Waals surface area contributed by atoms with Crippen LogP contribution in [0.15, 0.2) is 24.3 Å². The Morgan fingerprint density at radius 2 is 2.08 bits per heavy atom. The molecule has 0 saturated heterocycles. The summed E-state index contributed by atoms with van der Waals surface area (Å²) in [6, 6.07) is 6.03. The molecular formula is C8H8N2O3. The molecule has 0 spiro atoms. The third-order valence-electron chi connectivity index (χ3n) is 1.39. The Kier molecular flexibility index (Phi) is 2.86. The molecule has 0 bridgehead atoms. The van der Waals surface area contributed by atoms with Gasteiger partial charge in [-0.3, -0.25) is 20.4 Å². The molecule has 5 heteroatoms. The van der Waals surface area contributed by atoms with Crippen LogP contribution < -0.4 is 10.9 Å². The van der Waals surface area contributed by atoms with Crippen molar-refractivity contribution in [1.29, 1.82) is 0 Å². The fraction of sp³-hybridized carbons (Fsp3) is 0.